The zero-order valence-electron chi connectivity index (χ0n) is 7.77. The lowest BCUT2D eigenvalue weighted by atomic mass is 10.2. The third-order valence-corrected chi connectivity index (χ3v) is 2.29. The van der Waals surface area contributed by atoms with E-state index in [0.717, 1.165) is 0 Å². The quantitative estimate of drug-likeness (QED) is 0.607. The van der Waals surface area contributed by atoms with Crippen molar-refractivity contribution in [1.29, 1.82) is 0 Å². The Bertz CT molecular complexity index is 274. The summed E-state index contributed by atoms with van der Waals surface area (Å²) in [5, 5.41) is 17.5. The second kappa shape index (κ2) is 4.23. The monoisotopic (exact) mass is 199 g/mol. The first-order chi connectivity index (χ1) is 6.57. The van der Waals surface area contributed by atoms with E-state index in [1.807, 2.05) is 0 Å². The Hall–Kier alpha value is -1.36. The Morgan fingerprint density at radius 2 is 2.14 bits per heavy atom. The molecule has 2 N–H and O–H groups in total. The molecule has 0 spiro atoms. The average Bonchev–Trinajstić information content (AvgIpc) is 2.63. The second-order valence-electron chi connectivity index (χ2n) is 3.26. The normalized spacial score (nSPS) is 20.9. The van der Waals surface area contributed by atoms with Crippen LogP contribution in [-0.2, 0) is 9.59 Å². The van der Waals surface area contributed by atoms with E-state index in [-0.39, 0.29) is 5.57 Å². The lowest BCUT2D eigenvalue weighted by molar-refractivity contribution is -0.147. The second-order valence-corrected chi connectivity index (χ2v) is 3.26. The molecule has 14 heavy (non-hydrogen) atoms. The van der Waals surface area contributed by atoms with E-state index >= 15 is 0 Å². The summed E-state index contributed by atoms with van der Waals surface area (Å²) < 4.78 is 0. The van der Waals surface area contributed by atoms with Crippen molar-refractivity contribution in [2.75, 3.05) is 13.2 Å². The number of carboxylic acids is 1. The van der Waals surface area contributed by atoms with Gasteiger partial charge in [-0.1, -0.05) is 6.58 Å². The van der Waals surface area contributed by atoms with E-state index in [0.29, 0.717) is 19.4 Å². The average molecular weight is 199 g/mol. The van der Waals surface area contributed by atoms with Crippen LogP contribution in [0.3, 0.4) is 0 Å². The summed E-state index contributed by atoms with van der Waals surface area (Å²) in [6.07, 6.45) is 1.15. The van der Waals surface area contributed by atoms with E-state index in [1.165, 1.54) is 4.90 Å². The topological polar surface area (TPSA) is 77.8 Å². The third-order valence-electron chi connectivity index (χ3n) is 2.29. The summed E-state index contributed by atoms with van der Waals surface area (Å²) >= 11 is 0. The first-order valence-electron chi connectivity index (χ1n) is 4.40. The zero-order chi connectivity index (χ0) is 10.7. The van der Waals surface area contributed by atoms with Crippen LogP contribution in [0.25, 0.3) is 0 Å². The van der Waals surface area contributed by atoms with E-state index in [4.69, 9.17) is 10.2 Å². The fourth-order valence-corrected chi connectivity index (χ4v) is 1.54. The highest BCUT2D eigenvalue weighted by Gasteiger charge is 2.34. The van der Waals surface area contributed by atoms with Gasteiger partial charge in [-0.25, -0.2) is 4.79 Å². The van der Waals surface area contributed by atoms with Gasteiger partial charge >= 0.3 is 5.97 Å². The van der Waals surface area contributed by atoms with Crippen molar-refractivity contribution in [3.05, 3.63) is 12.2 Å². The molecule has 0 radical (unpaired) electrons. The fourth-order valence-electron chi connectivity index (χ4n) is 1.54. The van der Waals surface area contributed by atoms with E-state index in [9.17, 15) is 9.59 Å². The minimum Gasteiger partial charge on any atom is -0.480 e. The number of aliphatic hydroxyl groups is 1. The molecule has 78 valence electrons. The van der Waals surface area contributed by atoms with Crippen LogP contribution in [0.5, 0.6) is 0 Å². The smallest absolute Gasteiger partial charge is 0.326 e. The van der Waals surface area contributed by atoms with Gasteiger partial charge in [0.2, 0.25) is 0 Å². The molecule has 0 aromatic heterocycles. The molecule has 5 heteroatoms. The van der Waals surface area contributed by atoms with Crippen LogP contribution >= 0.6 is 0 Å². The van der Waals surface area contributed by atoms with Gasteiger partial charge in [0.25, 0.3) is 5.91 Å². The van der Waals surface area contributed by atoms with Gasteiger partial charge in [-0.3, -0.25) is 4.79 Å². The highest BCUT2D eigenvalue weighted by atomic mass is 16.4. The van der Waals surface area contributed by atoms with Crippen LogP contribution in [-0.4, -0.2) is 46.2 Å². The van der Waals surface area contributed by atoms with Gasteiger partial charge in [-0.2, -0.15) is 0 Å². The number of aliphatic carboxylic acids is 1. The lowest BCUT2D eigenvalue weighted by Gasteiger charge is -2.21. The molecule has 5 nitrogen and oxygen atoms in total. The number of nitrogens with zero attached hydrogens (tertiary/aromatic N) is 1. The maximum absolute atomic E-state index is 11.5. The first kappa shape index (κ1) is 10.7. The molecule has 1 atom stereocenters. The fraction of sp³-hybridized carbons (Fsp3) is 0.556. The molecular weight excluding hydrogens is 186 g/mol. The standard InChI is InChI=1S/C9H13NO4/c1-6(5-11)8(12)10-4-2-3-7(10)9(13)14/h7,11H,1-5H2,(H,13,14)/t7-/m0/s1. The van der Waals surface area contributed by atoms with Crippen LogP contribution in [0.2, 0.25) is 0 Å². The lowest BCUT2D eigenvalue weighted by Crippen LogP contribution is -2.41. The van der Waals surface area contributed by atoms with Crippen molar-refractivity contribution < 1.29 is 19.8 Å². The summed E-state index contributed by atoms with van der Waals surface area (Å²) in [5.41, 5.74) is 0.0400. The van der Waals surface area contributed by atoms with Crippen LogP contribution < -0.4 is 0 Å². The summed E-state index contributed by atoms with van der Waals surface area (Å²) in [5.74, 6) is -1.46. The predicted octanol–water partition coefficient (Wildman–Crippen LogP) is -0.390. The van der Waals surface area contributed by atoms with Crippen molar-refractivity contribution in [1.82, 2.24) is 4.90 Å². The number of likely N-dealkylation sites (tertiary alicyclic amines) is 1. The Morgan fingerprint density at radius 1 is 1.50 bits per heavy atom. The highest BCUT2D eigenvalue weighted by Crippen LogP contribution is 2.19. The summed E-state index contributed by atoms with van der Waals surface area (Å²) in [6.45, 7) is 3.37. The van der Waals surface area contributed by atoms with Crippen molar-refractivity contribution in [2.45, 2.75) is 18.9 Å². The molecule has 0 aromatic carbocycles. The number of amides is 1. The Kier molecular flexibility index (Phi) is 3.24. The molecule has 1 aliphatic heterocycles. The zero-order valence-corrected chi connectivity index (χ0v) is 7.77. The van der Waals surface area contributed by atoms with E-state index in [1.54, 1.807) is 0 Å². The van der Waals surface area contributed by atoms with Crippen molar-refractivity contribution in [3.8, 4) is 0 Å². The molecule has 0 bridgehead atoms. The van der Waals surface area contributed by atoms with Crippen molar-refractivity contribution >= 4 is 11.9 Å². The van der Waals surface area contributed by atoms with Gasteiger partial charge in [-0.05, 0) is 12.8 Å². The summed E-state index contributed by atoms with van der Waals surface area (Å²) in [6, 6.07) is -0.759. The Balaban J connectivity index is 2.72. The van der Waals surface area contributed by atoms with Gasteiger partial charge in [-0.15, -0.1) is 0 Å². The van der Waals surface area contributed by atoms with Crippen LogP contribution in [0.15, 0.2) is 12.2 Å². The van der Waals surface area contributed by atoms with E-state index in [2.05, 4.69) is 6.58 Å². The number of carbonyl (C=O) groups is 2. The highest BCUT2D eigenvalue weighted by molar-refractivity contribution is 5.95. The Morgan fingerprint density at radius 3 is 2.64 bits per heavy atom. The molecule has 1 fully saturated rings. The summed E-state index contributed by atoms with van der Waals surface area (Å²) in [7, 11) is 0. The minimum absolute atomic E-state index is 0.0400. The maximum atomic E-state index is 11.5. The minimum atomic E-state index is -0.999. The number of hydrogen-bond acceptors (Lipinski definition) is 3. The van der Waals surface area contributed by atoms with E-state index < -0.39 is 24.5 Å². The third kappa shape index (κ3) is 1.93. The molecule has 0 saturated carbocycles. The molecule has 1 saturated heterocycles. The molecule has 0 aromatic rings. The Labute approximate surface area is 81.6 Å². The van der Waals surface area contributed by atoms with Gasteiger partial charge in [0, 0.05) is 12.1 Å². The van der Waals surface area contributed by atoms with Crippen molar-refractivity contribution in [2.24, 2.45) is 0 Å². The van der Waals surface area contributed by atoms with Crippen LogP contribution in [0.1, 0.15) is 12.8 Å². The molecule has 1 heterocycles. The maximum Gasteiger partial charge on any atom is 0.326 e. The van der Waals surface area contributed by atoms with Gasteiger partial charge < -0.3 is 15.1 Å². The number of aliphatic hydroxyl groups excluding tert-OH is 1. The van der Waals surface area contributed by atoms with Crippen molar-refractivity contribution in [3.63, 3.8) is 0 Å². The van der Waals surface area contributed by atoms with Crippen LogP contribution in [0.4, 0.5) is 0 Å². The molecule has 0 aliphatic carbocycles. The number of carboxylic acid groups (broad SMARTS) is 1. The van der Waals surface area contributed by atoms with Gasteiger partial charge in [0.1, 0.15) is 6.04 Å². The van der Waals surface area contributed by atoms with Gasteiger partial charge in [0.15, 0.2) is 0 Å². The SMILES string of the molecule is C=C(CO)C(=O)N1CCC[C@H]1C(=O)O. The molecular formula is C9H13NO4. The predicted molar refractivity (Wildman–Crippen MR) is 48.6 cm³/mol. The number of rotatable bonds is 3. The van der Waals surface area contributed by atoms with Gasteiger partial charge in [0.05, 0.1) is 6.61 Å². The molecule has 1 rings (SSSR count). The molecule has 1 amide bonds. The molecule has 1 aliphatic rings. The number of carbonyl (C=O) groups excluding carboxylic acids is 1. The first-order valence-corrected chi connectivity index (χ1v) is 4.40. The summed E-state index contributed by atoms with van der Waals surface area (Å²) in [4.78, 5) is 23.5. The largest absolute Gasteiger partial charge is 0.480 e. The van der Waals surface area contributed by atoms with Crippen LogP contribution in [0, 0.1) is 0 Å². The number of hydrogen-bond donors (Lipinski definition) is 2. The molecule has 0 unspecified atom stereocenters.